The van der Waals surface area contributed by atoms with E-state index in [0.29, 0.717) is 18.4 Å². The minimum absolute atomic E-state index is 0.104. The zero-order chi connectivity index (χ0) is 24.2. The lowest BCUT2D eigenvalue weighted by molar-refractivity contribution is 0.0180. The van der Waals surface area contributed by atoms with Gasteiger partial charge in [-0.15, -0.1) is 0 Å². The van der Waals surface area contributed by atoms with E-state index in [2.05, 4.69) is 88.3 Å². The molecule has 0 amide bonds. The molecule has 0 aliphatic carbocycles. The summed E-state index contributed by atoms with van der Waals surface area (Å²) in [6.45, 7) is 27.6. The molecule has 0 aromatic heterocycles. The fourth-order valence-electron chi connectivity index (χ4n) is 4.49. The molecular weight excluding hydrogens is 382 g/mol. The molecule has 0 aliphatic rings. The fourth-order valence-corrected chi connectivity index (χ4v) is 4.49. The number of hydrogen-bond acceptors (Lipinski definition) is 3. The summed E-state index contributed by atoms with van der Waals surface area (Å²) in [5.74, 6) is 2.03. The Labute approximate surface area is 193 Å². The van der Waals surface area contributed by atoms with Gasteiger partial charge in [0.05, 0.1) is 6.61 Å². The molecule has 2 N–H and O–H groups in total. The first kappa shape index (κ1) is 28.0. The van der Waals surface area contributed by atoms with Crippen LogP contribution in [-0.4, -0.2) is 18.4 Å². The van der Waals surface area contributed by atoms with Gasteiger partial charge in [-0.2, -0.15) is 0 Å². The summed E-state index contributed by atoms with van der Waals surface area (Å²) in [4.78, 5) is 0. The Morgan fingerprint density at radius 1 is 0.903 bits per heavy atom. The molecule has 1 aromatic carbocycles. The quantitative estimate of drug-likeness (QED) is 0.366. The van der Waals surface area contributed by atoms with E-state index in [1.807, 2.05) is 6.92 Å². The summed E-state index contributed by atoms with van der Waals surface area (Å²) in [6.07, 6.45) is 2.70. The maximum absolute atomic E-state index is 6.76. The number of benzene rings is 1. The van der Waals surface area contributed by atoms with Crippen molar-refractivity contribution < 1.29 is 9.47 Å². The van der Waals surface area contributed by atoms with Crippen molar-refractivity contribution in [2.24, 2.45) is 17.1 Å². The summed E-state index contributed by atoms with van der Waals surface area (Å²) in [5, 5.41) is 0. The van der Waals surface area contributed by atoms with E-state index in [-0.39, 0.29) is 22.7 Å². The molecule has 0 heterocycles. The molecule has 0 spiro atoms. The van der Waals surface area contributed by atoms with Crippen LogP contribution in [0.15, 0.2) is 12.1 Å². The maximum atomic E-state index is 6.76. The third-order valence-electron chi connectivity index (χ3n) is 5.66. The molecule has 0 saturated carbocycles. The van der Waals surface area contributed by atoms with E-state index in [1.165, 1.54) is 16.7 Å². The highest BCUT2D eigenvalue weighted by Gasteiger charge is 2.31. The molecular formula is C28H51NO2. The highest BCUT2D eigenvalue weighted by atomic mass is 16.5. The molecule has 0 aliphatic heterocycles. The number of nitrogens with two attached hydrogens (primary N) is 1. The second-order valence-electron chi connectivity index (χ2n) is 12.6. The largest absolute Gasteiger partial charge is 0.487 e. The summed E-state index contributed by atoms with van der Waals surface area (Å²) < 4.78 is 12.4. The van der Waals surface area contributed by atoms with Gasteiger partial charge < -0.3 is 15.2 Å². The highest BCUT2D eigenvalue weighted by molar-refractivity contribution is 5.49. The highest BCUT2D eigenvalue weighted by Crippen LogP contribution is 2.42. The molecule has 3 heteroatoms. The van der Waals surface area contributed by atoms with Gasteiger partial charge in [0.1, 0.15) is 17.6 Å². The third kappa shape index (κ3) is 9.53. The molecule has 0 fully saturated rings. The average Bonchev–Trinajstić information content (AvgIpc) is 2.52. The lowest BCUT2D eigenvalue weighted by atomic mass is 9.71. The smallest absolute Gasteiger partial charge is 0.126 e. The van der Waals surface area contributed by atoms with Gasteiger partial charge >= 0.3 is 0 Å². The molecule has 1 aromatic rings. The van der Waals surface area contributed by atoms with Crippen molar-refractivity contribution in [3.8, 4) is 5.75 Å². The number of rotatable bonds is 11. The van der Waals surface area contributed by atoms with Crippen LogP contribution in [0, 0.1) is 11.3 Å². The minimum atomic E-state index is -0.327. The molecule has 0 radical (unpaired) electrons. The molecule has 1 rings (SSSR count). The summed E-state index contributed by atoms with van der Waals surface area (Å²) in [6, 6.07) is 4.82. The molecule has 31 heavy (non-hydrogen) atoms. The van der Waals surface area contributed by atoms with E-state index in [0.717, 1.165) is 25.0 Å². The van der Waals surface area contributed by atoms with Crippen LogP contribution in [0.3, 0.4) is 0 Å². The van der Waals surface area contributed by atoms with Gasteiger partial charge in [0.25, 0.3) is 0 Å². The second-order valence-corrected chi connectivity index (χ2v) is 12.6. The van der Waals surface area contributed by atoms with Gasteiger partial charge in [-0.25, -0.2) is 0 Å². The van der Waals surface area contributed by atoms with Crippen molar-refractivity contribution in [3.63, 3.8) is 0 Å². The standard InChI is InChI=1S/C28H51NO2/c1-19(2)15-22-16-23(27(9,10)18-26(6,7)8)17-24(20(3)4)25(22)31-28(11,12)13-14-30-21(5)29/h16-17,19-21H,13-15,18,29H2,1-12H3. The molecule has 180 valence electrons. The van der Waals surface area contributed by atoms with Crippen LogP contribution < -0.4 is 10.5 Å². The van der Waals surface area contributed by atoms with Gasteiger partial charge in [-0.1, -0.05) is 74.4 Å². The van der Waals surface area contributed by atoms with Crippen molar-refractivity contribution in [1.82, 2.24) is 0 Å². The number of hydrogen-bond donors (Lipinski definition) is 1. The number of ether oxygens (including phenoxy) is 2. The van der Waals surface area contributed by atoms with Crippen LogP contribution in [0.4, 0.5) is 0 Å². The lowest BCUT2D eigenvalue weighted by Gasteiger charge is -2.36. The first-order valence-corrected chi connectivity index (χ1v) is 12.2. The normalized spacial score (nSPS) is 14.4. The third-order valence-corrected chi connectivity index (χ3v) is 5.66. The van der Waals surface area contributed by atoms with Crippen LogP contribution in [0.5, 0.6) is 5.75 Å². The predicted molar refractivity (Wildman–Crippen MR) is 135 cm³/mol. The van der Waals surface area contributed by atoms with Crippen LogP contribution in [0.2, 0.25) is 0 Å². The molecule has 3 nitrogen and oxygen atoms in total. The summed E-state index contributed by atoms with van der Waals surface area (Å²) in [7, 11) is 0. The lowest BCUT2D eigenvalue weighted by Crippen LogP contribution is -2.33. The SMILES string of the molecule is CC(C)Cc1cc(C(C)(C)CC(C)(C)C)cc(C(C)C)c1OC(C)(C)CCOC(C)N. The summed E-state index contributed by atoms with van der Waals surface area (Å²) in [5.41, 5.74) is 9.88. The topological polar surface area (TPSA) is 44.5 Å². The van der Waals surface area contributed by atoms with Crippen molar-refractivity contribution >= 4 is 0 Å². The summed E-state index contributed by atoms with van der Waals surface area (Å²) >= 11 is 0. The Kier molecular flexibility index (Phi) is 9.66. The first-order chi connectivity index (χ1) is 13.9. The zero-order valence-electron chi connectivity index (χ0n) is 22.6. The van der Waals surface area contributed by atoms with E-state index in [9.17, 15) is 0 Å². The zero-order valence-corrected chi connectivity index (χ0v) is 22.6. The van der Waals surface area contributed by atoms with E-state index in [1.54, 1.807) is 0 Å². The molecule has 1 unspecified atom stereocenters. The Bertz CT molecular complexity index is 694. The Morgan fingerprint density at radius 2 is 1.48 bits per heavy atom. The van der Waals surface area contributed by atoms with Crippen LogP contribution in [0.1, 0.15) is 119 Å². The van der Waals surface area contributed by atoms with Gasteiger partial charge in [0, 0.05) is 6.42 Å². The maximum Gasteiger partial charge on any atom is 0.126 e. The Hall–Kier alpha value is -1.06. The molecule has 0 saturated heterocycles. The van der Waals surface area contributed by atoms with E-state index < -0.39 is 0 Å². The van der Waals surface area contributed by atoms with Crippen LogP contribution in [0.25, 0.3) is 0 Å². The van der Waals surface area contributed by atoms with Crippen LogP contribution in [-0.2, 0) is 16.6 Å². The van der Waals surface area contributed by atoms with Gasteiger partial charge in [0.15, 0.2) is 0 Å². The Morgan fingerprint density at radius 3 is 1.94 bits per heavy atom. The fraction of sp³-hybridized carbons (Fsp3) is 0.786. The van der Waals surface area contributed by atoms with Crippen molar-refractivity contribution in [3.05, 3.63) is 28.8 Å². The predicted octanol–water partition coefficient (Wildman–Crippen LogP) is 7.59. The van der Waals surface area contributed by atoms with Gasteiger partial charge in [0.2, 0.25) is 0 Å². The first-order valence-electron chi connectivity index (χ1n) is 12.2. The molecule has 0 bridgehead atoms. The van der Waals surface area contributed by atoms with Crippen LogP contribution >= 0.6 is 0 Å². The Balaban J connectivity index is 3.45. The monoisotopic (exact) mass is 433 g/mol. The second kappa shape index (κ2) is 10.7. The van der Waals surface area contributed by atoms with Gasteiger partial charge in [-0.05, 0) is 73.0 Å². The van der Waals surface area contributed by atoms with Crippen molar-refractivity contribution in [1.29, 1.82) is 0 Å². The minimum Gasteiger partial charge on any atom is -0.487 e. The van der Waals surface area contributed by atoms with Crippen molar-refractivity contribution in [2.45, 2.75) is 126 Å². The van der Waals surface area contributed by atoms with Crippen molar-refractivity contribution in [2.75, 3.05) is 6.61 Å². The average molecular weight is 434 g/mol. The molecule has 1 atom stereocenters. The van der Waals surface area contributed by atoms with E-state index in [4.69, 9.17) is 15.2 Å². The van der Waals surface area contributed by atoms with Gasteiger partial charge in [-0.3, -0.25) is 0 Å². The van der Waals surface area contributed by atoms with E-state index >= 15 is 0 Å².